The quantitative estimate of drug-likeness (QED) is 0.542. The maximum absolute atomic E-state index is 13.8. The number of fused-ring (bicyclic) bond motifs is 1. The summed E-state index contributed by atoms with van der Waals surface area (Å²) in [6.45, 7) is 3.92. The molecule has 6 heteroatoms. The first kappa shape index (κ1) is 15.3. The maximum atomic E-state index is 13.8. The van der Waals surface area contributed by atoms with Crippen LogP contribution >= 0.6 is 27.5 Å². The summed E-state index contributed by atoms with van der Waals surface area (Å²) < 4.78 is 21.8. The van der Waals surface area contributed by atoms with Crippen LogP contribution in [0.3, 0.4) is 0 Å². The van der Waals surface area contributed by atoms with Crippen molar-refractivity contribution in [1.82, 2.24) is 9.55 Å². The number of hydrogen-bond donors (Lipinski definition) is 0. The van der Waals surface area contributed by atoms with E-state index in [0.29, 0.717) is 17.6 Å². The van der Waals surface area contributed by atoms with Crippen LogP contribution in [0.4, 0.5) is 4.39 Å². The lowest BCUT2D eigenvalue weighted by Crippen LogP contribution is -2.11. The Bertz CT molecular complexity index is 655. The lowest BCUT2D eigenvalue weighted by molar-refractivity contribution is 0.117. The summed E-state index contributed by atoms with van der Waals surface area (Å²) in [6, 6.07) is 3.19. The van der Waals surface area contributed by atoms with Gasteiger partial charge in [-0.3, -0.25) is 0 Å². The number of hydrogen-bond acceptors (Lipinski definition) is 2. The Morgan fingerprint density at radius 1 is 1.52 bits per heavy atom. The number of aromatic nitrogens is 2. The van der Waals surface area contributed by atoms with Gasteiger partial charge < -0.3 is 9.30 Å². The van der Waals surface area contributed by atoms with Crippen molar-refractivity contribution in [2.24, 2.45) is 5.92 Å². The lowest BCUT2D eigenvalue weighted by atomic mass is 10.3. The second-order valence-corrected chi connectivity index (χ2v) is 7.02. The van der Waals surface area contributed by atoms with Crippen LogP contribution in [0.2, 0.25) is 0 Å². The fourth-order valence-corrected chi connectivity index (χ4v) is 2.87. The van der Waals surface area contributed by atoms with E-state index in [9.17, 15) is 4.39 Å². The van der Waals surface area contributed by atoms with Gasteiger partial charge in [0.1, 0.15) is 11.6 Å². The van der Waals surface area contributed by atoms with E-state index in [2.05, 4.69) is 20.9 Å². The molecule has 3 rings (SSSR count). The number of ether oxygens (including phenoxy) is 1. The monoisotopic (exact) mass is 374 g/mol. The van der Waals surface area contributed by atoms with Crippen LogP contribution in [0.1, 0.15) is 31.0 Å². The van der Waals surface area contributed by atoms with E-state index in [4.69, 9.17) is 16.3 Å². The number of rotatable bonds is 6. The van der Waals surface area contributed by atoms with Gasteiger partial charge in [0.2, 0.25) is 0 Å². The summed E-state index contributed by atoms with van der Waals surface area (Å²) in [7, 11) is 0. The number of nitrogens with zero attached hydrogens (tertiary/aromatic N) is 2. The molecule has 0 aliphatic heterocycles. The minimum atomic E-state index is -0.295. The van der Waals surface area contributed by atoms with Crippen molar-refractivity contribution in [1.29, 1.82) is 0 Å². The molecule has 3 nitrogen and oxygen atoms in total. The highest BCUT2D eigenvalue weighted by Gasteiger charge is 2.21. The van der Waals surface area contributed by atoms with Gasteiger partial charge in [-0.15, -0.1) is 11.6 Å². The first-order chi connectivity index (χ1) is 10.1. The predicted molar refractivity (Wildman–Crippen MR) is 85.2 cm³/mol. The van der Waals surface area contributed by atoms with Crippen LogP contribution in [0.5, 0.6) is 0 Å². The Morgan fingerprint density at radius 3 is 2.95 bits per heavy atom. The zero-order valence-electron chi connectivity index (χ0n) is 11.8. The molecule has 0 saturated heterocycles. The van der Waals surface area contributed by atoms with Gasteiger partial charge >= 0.3 is 0 Å². The molecule has 0 bridgehead atoms. The van der Waals surface area contributed by atoms with Crippen LogP contribution in [-0.2, 0) is 11.3 Å². The van der Waals surface area contributed by atoms with Crippen LogP contribution in [0.25, 0.3) is 11.0 Å². The zero-order valence-corrected chi connectivity index (χ0v) is 14.1. The molecule has 1 unspecified atom stereocenters. The van der Waals surface area contributed by atoms with Crippen molar-refractivity contribution in [3.63, 3.8) is 0 Å². The van der Waals surface area contributed by atoms with Crippen molar-refractivity contribution >= 4 is 38.6 Å². The van der Waals surface area contributed by atoms with Crippen LogP contribution in [0.15, 0.2) is 16.6 Å². The fourth-order valence-electron chi connectivity index (χ4n) is 2.37. The highest BCUT2D eigenvalue weighted by Crippen LogP contribution is 2.30. The summed E-state index contributed by atoms with van der Waals surface area (Å²) in [4.78, 5) is 4.52. The molecule has 1 aliphatic rings. The van der Waals surface area contributed by atoms with Gasteiger partial charge in [-0.25, -0.2) is 9.37 Å². The summed E-state index contributed by atoms with van der Waals surface area (Å²) in [5.74, 6) is 1.19. The Morgan fingerprint density at radius 2 is 2.29 bits per heavy atom. The fraction of sp³-hybridized carbons (Fsp3) is 0.533. The van der Waals surface area contributed by atoms with E-state index in [1.54, 1.807) is 6.07 Å². The molecule has 1 fully saturated rings. The number of benzene rings is 1. The molecule has 0 radical (unpaired) electrons. The minimum absolute atomic E-state index is 0.234. The van der Waals surface area contributed by atoms with Gasteiger partial charge in [0.05, 0.1) is 27.5 Å². The summed E-state index contributed by atoms with van der Waals surface area (Å²) in [5.41, 5.74) is 1.50. The predicted octanol–water partition coefficient (Wildman–Crippen LogP) is 4.66. The summed E-state index contributed by atoms with van der Waals surface area (Å²) in [6.07, 6.45) is 2.55. The number of imidazole rings is 1. The molecule has 1 heterocycles. The minimum Gasteiger partial charge on any atom is -0.379 e. The Kier molecular flexibility index (Phi) is 4.52. The van der Waals surface area contributed by atoms with E-state index in [0.717, 1.165) is 29.4 Å². The van der Waals surface area contributed by atoms with Crippen LogP contribution < -0.4 is 0 Å². The first-order valence-corrected chi connectivity index (χ1v) is 8.36. The van der Waals surface area contributed by atoms with E-state index in [1.807, 2.05) is 11.5 Å². The average molecular weight is 376 g/mol. The molecule has 1 saturated carbocycles. The third-order valence-electron chi connectivity index (χ3n) is 3.69. The molecule has 114 valence electrons. The average Bonchev–Trinajstić information content (AvgIpc) is 3.19. The van der Waals surface area contributed by atoms with Gasteiger partial charge in [0.25, 0.3) is 0 Å². The summed E-state index contributed by atoms with van der Waals surface area (Å²) in [5, 5.41) is -0.234. The van der Waals surface area contributed by atoms with Crippen LogP contribution in [-0.4, -0.2) is 22.8 Å². The van der Waals surface area contributed by atoms with E-state index in [1.165, 1.54) is 18.9 Å². The Balaban J connectivity index is 1.85. The van der Waals surface area contributed by atoms with E-state index >= 15 is 0 Å². The van der Waals surface area contributed by atoms with E-state index in [-0.39, 0.29) is 11.2 Å². The van der Waals surface area contributed by atoms with Gasteiger partial charge in [-0.05, 0) is 47.7 Å². The number of alkyl halides is 1. The standard InChI is InChI=1S/C15H17BrClFN2O/c1-9(17)15-19-13-6-11(16)12(18)7-14(13)20(15)4-5-21-8-10-2-3-10/h6-7,9-10H,2-5,8H2,1H3. The number of halogens is 3. The van der Waals surface area contributed by atoms with Gasteiger partial charge in [0.15, 0.2) is 0 Å². The molecule has 21 heavy (non-hydrogen) atoms. The molecule has 0 spiro atoms. The van der Waals surface area contributed by atoms with Crippen molar-refractivity contribution in [2.75, 3.05) is 13.2 Å². The lowest BCUT2D eigenvalue weighted by Gasteiger charge is -2.11. The molecular formula is C15H17BrClFN2O. The Hall–Kier alpha value is -0.650. The Labute approximate surface area is 136 Å². The molecule has 1 aromatic heterocycles. The third-order valence-corrected chi connectivity index (χ3v) is 4.49. The van der Waals surface area contributed by atoms with Crippen molar-refractivity contribution in [3.05, 3.63) is 28.2 Å². The SMILES string of the molecule is CC(Cl)c1nc2cc(Br)c(F)cc2n1CCOCC1CC1. The highest BCUT2D eigenvalue weighted by molar-refractivity contribution is 9.10. The maximum Gasteiger partial charge on any atom is 0.139 e. The molecular weight excluding hydrogens is 359 g/mol. The van der Waals surface area contributed by atoms with Crippen LogP contribution in [0, 0.1) is 11.7 Å². The summed E-state index contributed by atoms with van der Waals surface area (Å²) >= 11 is 9.39. The van der Waals surface area contributed by atoms with Gasteiger partial charge in [0, 0.05) is 19.2 Å². The van der Waals surface area contributed by atoms with Crippen molar-refractivity contribution in [3.8, 4) is 0 Å². The normalized spacial score (nSPS) is 16.6. The molecule has 1 atom stereocenters. The molecule has 1 aromatic carbocycles. The highest BCUT2D eigenvalue weighted by atomic mass is 79.9. The molecule has 0 amide bonds. The largest absolute Gasteiger partial charge is 0.379 e. The third kappa shape index (κ3) is 3.41. The first-order valence-electron chi connectivity index (χ1n) is 7.13. The smallest absolute Gasteiger partial charge is 0.139 e. The second kappa shape index (κ2) is 6.23. The van der Waals surface area contributed by atoms with Crippen molar-refractivity contribution in [2.45, 2.75) is 31.7 Å². The molecule has 2 aromatic rings. The van der Waals surface area contributed by atoms with Gasteiger partial charge in [-0.1, -0.05) is 0 Å². The second-order valence-electron chi connectivity index (χ2n) is 5.51. The molecule has 1 aliphatic carbocycles. The van der Waals surface area contributed by atoms with Crippen molar-refractivity contribution < 1.29 is 9.13 Å². The zero-order chi connectivity index (χ0) is 15.0. The molecule has 0 N–H and O–H groups in total. The van der Waals surface area contributed by atoms with Gasteiger partial charge in [-0.2, -0.15) is 0 Å². The topological polar surface area (TPSA) is 27.1 Å². The van der Waals surface area contributed by atoms with E-state index < -0.39 is 0 Å².